The highest BCUT2D eigenvalue weighted by Gasteiger charge is 2.56. The third kappa shape index (κ3) is 4.43. The van der Waals surface area contributed by atoms with Crippen molar-refractivity contribution in [3.63, 3.8) is 0 Å². The van der Waals surface area contributed by atoms with Gasteiger partial charge in [-0.1, -0.05) is 13.8 Å². The number of hydrogen-bond acceptors (Lipinski definition) is 6. The Bertz CT molecular complexity index is 830. The molecule has 0 amide bonds. The Balaban J connectivity index is 1.22. The molecule has 0 saturated carbocycles. The molecule has 6 atom stereocenters. The Hall–Kier alpha value is -1.60. The van der Waals surface area contributed by atoms with E-state index in [9.17, 15) is 0 Å². The van der Waals surface area contributed by atoms with Crippen molar-refractivity contribution in [3.8, 4) is 0 Å². The van der Waals surface area contributed by atoms with E-state index in [0.717, 1.165) is 42.3 Å². The second-order valence-electron chi connectivity index (χ2n) is 9.85. The molecule has 4 rings (SSSR count). The van der Waals surface area contributed by atoms with E-state index in [1.54, 1.807) is 0 Å². The van der Waals surface area contributed by atoms with Crippen molar-refractivity contribution < 1.29 is 27.8 Å². The average molecular weight is 461 g/mol. The number of rotatable bonds is 12. The molecule has 2 aliphatic heterocycles. The lowest BCUT2D eigenvalue weighted by atomic mass is 9.70. The van der Waals surface area contributed by atoms with Crippen LogP contribution in [0.2, 0.25) is 0 Å². The molecule has 0 bridgehead atoms. The number of furan rings is 2. The molecule has 2 aliphatic rings. The topological polar surface area (TPSA) is 63.2 Å². The van der Waals surface area contributed by atoms with E-state index in [-0.39, 0.29) is 35.2 Å². The van der Waals surface area contributed by atoms with Crippen LogP contribution in [0.5, 0.6) is 0 Å². The monoisotopic (exact) mass is 460 g/mol. The summed E-state index contributed by atoms with van der Waals surface area (Å²) in [5, 5.41) is 0. The van der Waals surface area contributed by atoms with Gasteiger partial charge < -0.3 is 27.8 Å². The standard InChI is InChI=1S/C27H40O6/c1-7-26(20(5)32-24(26)22-12-10-18(3)30-22)16-28-14-9-15-29-17-27(8-2)21(6)33-25(27)23-13-11-19(4)31-23/h10-13,20-21,24-25H,7-9,14-17H2,1-6H3. The summed E-state index contributed by atoms with van der Waals surface area (Å²) in [6.45, 7) is 15.3. The Morgan fingerprint density at radius 1 is 0.727 bits per heavy atom. The zero-order valence-electron chi connectivity index (χ0n) is 21.0. The first kappa shape index (κ1) is 24.5. The van der Waals surface area contributed by atoms with E-state index >= 15 is 0 Å². The zero-order valence-corrected chi connectivity index (χ0v) is 21.0. The molecule has 0 N–H and O–H groups in total. The van der Waals surface area contributed by atoms with Gasteiger partial charge in [0.2, 0.25) is 0 Å². The van der Waals surface area contributed by atoms with Gasteiger partial charge >= 0.3 is 0 Å². The van der Waals surface area contributed by atoms with Gasteiger partial charge in [-0.05, 0) is 71.2 Å². The van der Waals surface area contributed by atoms with E-state index in [2.05, 4.69) is 27.7 Å². The highest BCUT2D eigenvalue weighted by atomic mass is 16.6. The molecular weight excluding hydrogens is 420 g/mol. The summed E-state index contributed by atoms with van der Waals surface area (Å²) in [7, 11) is 0. The van der Waals surface area contributed by atoms with Crippen molar-refractivity contribution >= 4 is 0 Å². The Kier molecular flexibility index (Phi) is 7.39. The van der Waals surface area contributed by atoms with Crippen molar-refractivity contribution in [3.05, 3.63) is 47.3 Å². The smallest absolute Gasteiger partial charge is 0.133 e. The van der Waals surface area contributed by atoms with Gasteiger partial charge in [0.15, 0.2) is 0 Å². The summed E-state index contributed by atoms with van der Waals surface area (Å²) in [6, 6.07) is 8.04. The molecule has 2 saturated heterocycles. The van der Waals surface area contributed by atoms with Gasteiger partial charge in [0, 0.05) is 13.2 Å². The van der Waals surface area contributed by atoms with Gasteiger partial charge in [0.25, 0.3) is 0 Å². The maximum absolute atomic E-state index is 6.13. The average Bonchev–Trinajstić information content (AvgIpc) is 3.42. The summed E-state index contributed by atoms with van der Waals surface area (Å²) in [5.41, 5.74) is -0.0744. The van der Waals surface area contributed by atoms with Gasteiger partial charge in [-0.25, -0.2) is 0 Å². The van der Waals surface area contributed by atoms with E-state index in [4.69, 9.17) is 27.8 Å². The van der Waals surface area contributed by atoms with Gasteiger partial charge in [-0.2, -0.15) is 0 Å². The maximum Gasteiger partial charge on any atom is 0.133 e. The fourth-order valence-corrected chi connectivity index (χ4v) is 5.44. The Morgan fingerprint density at radius 2 is 1.15 bits per heavy atom. The molecule has 184 valence electrons. The molecule has 2 fully saturated rings. The molecule has 6 unspecified atom stereocenters. The molecular formula is C27H40O6. The second kappa shape index (κ2) is 9.95. The predicted octanol–water partition coefficient (Wildman–Crippen LogP) is 6.33. The molecule has 6 nitrogen and oxygen atoms in total. The SMILES string of the molecule is CCC1(COCCCOCC2(CC)C(C)OC2c2ccc(C)o2)C(C)OC1c1ccc(C)o1. The van der Waals surface area contributed by atoms with Gasteiger partial charge in [0.1, 0.15) is 35.2 Å². The first-order chi connectivity index (χ1) is 15.9. The molecule has 6 heteroatoms. The predicted molar refractivity (Wildman–Crippen MR) is 125 cm³/mol. The minimum atomic E-state index is -0.0372. The highest BCUT2D eigenvalue weighted by Crippen LogP contribution is 2.55. The van der Waals surface area contributed by atoms with Crippen LogP contribution in [0.3, 0.4) is 0 Å². The van der Waals surface area contributed by atoms with Gasteiger partial charge in [-0.3, -0.25) is 0 Å². The van der Waals surface area contributed by atoms with Crippen LogP contribution in [0.25, 0.3) is 0 Å². The normalized spacial score (nSPS) is 33.6. The summed E-state index contributed by atoms with van der Waals surface area (Å²) in [5.74, 6) is 3.64. The Morgan fingerprint density at radius 3 is 1.45 bits per heavy atom. The van der Waals surface area contributed by atoms with Crippen molar-refractivity contribution in [2.24, 2.45) is 10.8 Å². The fourth-order valence-electron chi connectivity index (χ4n) is 5.44. The molecule has 0 radical (unpaired) electrons. The molecule has 0 spiro atoms. The van der Waals surface area contributed by atoms with E-state index in [1.165, 1.54) is 0 Å². The van der Waals surface area contributed by atoms with Crippen LogP contribution in [-0.4, -0.2) is 38.6 Å². The summed E-state index contributed by atoms with van der Waals surface area (Å²) < 4.78 is 36.1. The molecule has 2 aromatic heterocycles. The van der Waals surface area contributed by atoms with E-state index < -0.39 is 0 Å². The van der Waals surface area contributed by atoms with Crippen LogP contribution < -0.4 is 0 Å². The van der Waals surface area contributed by atoms with Crippen LogP contribution in [0.1, 0.15) is 82.2 Å². The highest BCUT2D eigenvalue weighted by molar-refractivity contribution is 5.17. The van der Waals surface area contributed by atoms with Crippen molar-refractivity contribution in [1.82, 2.24) is 0 Å². The Labute approximate surface area is 197 Å². The molecule has 0 aliphatic carbocycles. The first-order valence-electron chi connectivity index (χ1n) is 12.5. The van der Waals surface area contributed by atoms with Crippen LogP contribution >= 0.6 is 0 Å². The summed E-state index contributed by atoms with van der Waals surface area (Å²) in [4.78, 5) is 0. The second-order valence-corrected chi connectivity index (χ2v) is 9.85. The zero-order chi connectivity index (χ0) is 23.6. The van der Waals surface area contributed by atoms with Crippen molar-refractivity contribution in [2.75, 3.05) is 26.4 Å². The largest absolute Gasteiger partial charge is 0.464 e. The summed E-state index contributed by atoms with van der Waals surface area (Å²) in [6.07, 6.45) is 3.07. The van der Waals surface area contributed by atoms with Crippen molar-refractivity contribution in [1.29, 1.82) is 0 Å². The summed E-state index contributed by atoms with van der Waals surface area (Å²) >= 11 is 0. The van der Waals surface area contributed by atoms with Crippen LogP contribution in [-0.2, 0) is 18.9 Å². The first-order valence-corrected chi connectivity index (χ1v) is 12.5. The third-order valence-corrected chi connectivity index (χ3v) is 8.02. The van der Waals surface area contributed by atoms with Crippen LogP contribution in [0.4, 0.5) is 0 Å². The van der Waals surface area contributed by atoms with E-state index in [0.29, 0.717) is 26.4 Å². The molecule has 2 aromatic rings. The molecule has 4 heterocycles. The van der Waals surface area contributed by atoms with Gasteiger partial charge in [-0.15, -0.1) is 0 Å². The van der Waals surface area contributed by atoms with E-state index in [1.807, 2.05) is 38.1 Å². The van der Waals surface area contributed by atoms with Gasteiger partial charge in [0.05, 0.1) is 36.3 Å². The lowest BCUT2D eigenvalue weighted by Gasteiger charge is -2.53. The minimum Gasteiger partial charge on any atom is -0.464 e. The number of ether oxygens (including phenoxy) is 4. The maximum atomic E-state index is 6.13. The lowest BCUT2D eigenvalue weighted by Crippen LogP contribution is -2.55. The van der Waals surface area contributed by atoms with Crippen molar-refractivity contribution in [2.45, 2.75) is 85.2 Å². The minimum absolute atomic E-state index is 0.0332. The quantitative estimate of drug-likeness (QED) is 0.345. The number of hydrogen-bond donors (Lipinski definition) is 0. The third-order valence-electron chi connectivity index (χ3n) is 8.02. The molecule has 33 heavy (non-hydrogen) atoms. The number of aryl methyl sites for hydroxylation is 2. The van der Waals surface area contributed by atoms with Crippen LogP contribution in [0.15, 0.2) is 33.1 Å². The lowest BCUT2D eigenvalue weighted by molar-refractivity contribution is -0.276. The molecule has 0 aromatic carbocycles. The fraction of sp³-hybridized carbons (Fsp3) is 0.704. The van der Waals surface area contributed by atoms with Crippen LogP contribution in [0, 0.1) is 24.7 Å².